The van der Waals surface area contributed by atoms with Crippen LogP contribution in [0.4, 0.5) is 5.82 Å². The van der Waals surface area contributed by atoms with E-state index in [2.05, 4.69) is 15.3 Å². The zero-order chi connectivity index (χ0) is 13.7. The molecule has 6 nitrogen and oxygen atoms in total. The van der Waals surface area contributed by atoms with Gasteiger partial charge in [0.25, 0.3) is 0 Å². The summed E-state index contributed by atoms with van der Waals surface area (Å²) in [4.78, 5) is 22.2. The van der Waals surface area contributed by atoms with Crippen molar-refractivity contribution in [2.75, 3.05) is 31.2 Å². The summed E-state index contributed by atoms with van der Waals surface area (Å²) in [5.41, 5.74) is 0. The van der Waals surface area contributed by atoms with E-state index in [9.17, 15) is 4.79 Å². The van der Waals surface area contributed by atoms with Crippen LogP contribution >= 0.6 is 11.6 Å². The number of aromatic nitrogens is 2. The van der Waals surface area contributed by atoms with Gasteiger partial charge in [-0.15, -0.1) is 0 Å². The monoisotopic (exact) mass is 284 g/mol. The molecule has 1 aliphatic heterocycles. The summed E-state index contributed by atoms with van der Waals surface area (Å²) in [5.74, 6) is 0.552. The number of nitrogens with zero attached hydrogens (tertiary/aromatic N) is 3. The van der Waals surface area contributed by atoms with E-state index < -0.39 is 0 Å². The van der Waals surface area contributed by atoms with Gasteiger partial charge in [0.05, 0.1) is 25.6 Å². The van der Waals surface area contributed by atoms with Crippen LogP contribution in [0.3, 0.4) is 0 Å². The number of anilines is 1. The lowest BCUT2D eigenvalue weighted by Gasteiger charge is -2.35. The van der Waals surface area contributed by atoms with Crippen LogP contribution in [-0.4, -0.2) is 48.2 Å². The van der Waals surface area contributed by atoms with Crippen molar-refractivity contribution >= 4 is 23.3 Å². The number of halogens is 1. The molecule has 0 aliphatic carbocycles. The molecule has 0 spiro atoms. The third kappa shape index (κ3) is 3.54. The third-order valence-corrected chi connectivity index (χ3v) is 3.05. The second kappa shape index (κ2) is 6.68. The molecule has 19 heavy (non-hydrogen) atoms. The number of morpholine rings is 1. The number of carbonyl (C=O) groups is 1. The van der Waals surface area contributed by atoms with Crippen molar-refractivity contribution in [3.63, 3.8) is 0 Å². The van der Waals surface area contributed by atoms with Gasteiger partial charge in [0.15, 0.2) is 0 Å². The molecule has 104 valence electrons. The summed E-state index contributed by atoms with van der Waals surface area (Å²) in [6, 6.07) is -0.381. The standard InChI is InChI=1S/C12H17ClN4O2/c1-2-3-15-12(18)9-8-19-5-4-17(9)11-7-14-6-10(13)16-11/h6-7,9H,2-5,8H2,1H3,(H,15,18). The van der Waals surface area contributed by atoms with Gasteiger partial charge in [-0.2, -0.15) is 0 Å². The Kier molecular flexibility index (Phi) is 4.93. The molecule has 0 radical (unpaired) electrons. The van der Waals surface area contributed by atoms with Gasteiger partial charge in [0.2, 0.25) is 5.91 Å². The number of nitrogens with one attached hydrogen (secondary N) is 1. The van der Waals surface area contributed by atoms with Crippen LogP contribution in [0.5, 0.6) is 0 Å². The van der Waals surface area contributed by atoms with E-state index in [1.54, 1.807) is 6.20 Å². The minimum Gasteiger partial charge on any atom is -0.377 e. The Morgan fingerprint density at radius 1 is 1.63 bits per heavy atom. The molecule has 7 heteroatoms. The highest BCUT2D eigenvalue weighted by Gasteiger charge is 2.30. The maximum absolute atomic E-state index is 12.1. The summed E-state index contributed by atoms with van der Waals surface area (Å²) < 4.78 is 5.38. The Hall–Kier alpha value is -1.40. The minimum absolute atomic E-state index is 0.0525. The van der Waals surface area contributed by atoms with Crippen LogP contribution in [0.2, 0.25) is 5.15 Å². The van der Waals surface area contributed by atoms with E-state index in [4.69, 9.17) is 16.3 Å². The van der Waals surface area contributed by atoms with Gasteiger partial charge >= 0.3 is 0 Å². The number of carbonyl (C=O) groups excluding carboxylic acids is 1. The van der Waals surface area contributed by atoms with Crippen LogP contribution in [0.25, 0.3) is 0 Å². The lowest BCUT2D eigenvalue weighted by molar-refractivity contribution is -0.124. The smallest absolute Gasteiger partial charge is 0.245 e. The van der Waals surface area contributed by atoms with Crippen molar-refractivity contribution in [2.45, 2.75) is 19.4 Å². The fourth-order valence-corrected chi connectivity index (χ4v) is 2.08. The molecule has 1 fully saturated rings. The van der Waals surface area contributed by atoms with Crippen molar-refractivity contribution < 1.29 is 9.53 Å². The molecule has 0 aromatic carbocycles. The van der Waals surface area contributed by atoms with Gasteiger partial charge in [0.1, 0.15) is 17.0 Å². The minimum atomic E-state index is -0.381. The zero-order valence-electron chi connectivity index (χ0n) is 10.8. The van der Waals surface area contributed by atoms with E-state index in [1.807, 2.05) is 11.8 Å². The summed E-state index contributed by atoms with van der Waals surface area (Å²) >= 11 is 5.84. The van der Waals surface area contributed by atoms with Crippen molar-refractivity contribution in [3.05, 3.63) is 17.5 Å². The lowest BCUT2D eigenvalue weighted by atomic mass is 10.2. The van der Waals surface area contributed by atoms with E-state index in [-0.39, 0.29) is 11.9 Å². The molecule has 2 heterocycles. The maximum Gasteiger partial charge on any atom is 0.245 e. The number of rotatable bonds is 4. The fourth-order valence-electron chi connectivity index (χ4n) is 1.93. The normalized spacial score (nSPS) is 19.3. The van der Waals surface area contributed by atoms with Crippen molar-refractivity contribution in [2.24, 2.45) is 0 Å². The Labute approximate surface area is 117 Å². The highest BCUT2D eigenvalue weighted by Crippen LogP contribution is 2.18. The first kappa shape index (κ1) is 14.0. The second-order valence-electron chi connectivity index (χ2n) is 4.28. The van der Waals surface area contributed by atoms with Gasteiger partial charge in [-0.1, -0.05) is 18.5 Å². The van der Waals surface area contributed by atoms with Gasteiger partial charge < -0.3 is 15.0 Å². The first-order valence-electron chi connectivity index (χ1n) is 6.32. The number of amides is 1. The molecule has 0 saturated carbocycles. The Balaban J connectivity index is 2.13. The number of hydrogen-bond acceptors (Lipinski definition) is 5. The van der Waals surface area contributed by atoms with Gasteiger partial charge in [-0.3, -0.25) is 9.78 Å². The van der Waals surface area contributed by atoms with Crippen LogP contribution in [0.15, 0.2) is 12.4 Å². The van der Waals surface area contributed by atoms with Crippen molar-refractivity contribution in [1.82, 2.24) is 15.3 Å². The van der Waals surface area contributed by atoms with Crippen LogP contribution in [0.1, 0.15) is 13.3 Å². The molecule has 0 bridgehead atoms. The molecule has 1 amide bonds. The molecule has 1 atom stereocenters. The van der Waals surface area contributed by atoms with E-state index in [0.29, 0.717) is 37.3 Å². The Bertz CT molecular complexity index is 443. The van der Waals surface area contributed by atoms with Gasteiger partial charge in [-0.05, 0) is 6.42 Å². The van der Waals surface area contributed by atoms with E-state index in [1.165, 1.54) is 6.20 Å². The molecule has 1 saturated heterocycles. The molecular formula is C12H17ClN4O2. The first-order chi connectivity index (χ1) is 9.22. The molecule has 1 unspecified atom stereocenters. The van der Waals surface area contributed by atoms with Crippen LogP contribution < -0.4 is 10.2 Å². The summed E-state index contributed by atoms with van der Waals surface area (Å²) in [7, 11) is 0. The van der Waals surface area contributed by atoms with Gasteiger partial charge in [-0.25, -0.2) is 4.98 Å². The third-order valence-electron chi connectivity index (χ3n) is 2.87. The summed E-state index contributed by atoms with van der Waals surface area (Å²) in [5, 5.41) is 3.19. The van der Waals surface area contributed by atoms with Gasteiger partial charge in [0, 0.05) is 13.1 Å². The van der Waals surface area contributed by atoms with E-state index >= 15 is 0 Å². The number of ether oxygens (including phenoxy) is 1. The number of hydrogen-bond donors (Lipinski definition) is 1. The molecule has 1 N–H and O–H groups in total. The Morgan fingerprint density at radius 2 is 2.47 bits per heavy atom. The van der Waals surface area contributed by atoms with Crippen molar-refractivity contribution in [1.29, 1.82) is 0 Å². The largest absolute Gasteiger partial charge is 0.377 e. The van der Waals surface area contributed by atoms with E-state index in [0.717, 1.165) is 6.42 Å². The quantitative estimate of drug-likeness (QED) is 0.888. The summed E-state index contributed by atoms with van der Waals surface area (Å²) in [6.45, 7) is 4.18. The SMILES string of the molecule is CCCNC(=O)C1COCCN1c1cncc(Cl)n1. The highest BCUT2D eigenvalue weighted by molar-refractivity contribution is 6.29. The Morgan fingerprint density at radius 3 is 3.21 bits per heavy atom. The second-order valence-corrected chi connectivity index (χ2v) is 4.66. The highest BCUT2D eigenvalue weighted by atomic mass is 35.5. The average Bonchev–Trinajstić information content (AvgIpc) is 2.45. The zero-order valence-corrected chi connectivity index (χ0v) is 11.6. The van der Waals surface area contributed by atoms with Crippen molar-refractivity contribution in [3.8, 4) is 0 Å². The molecular weight excluding hydrogens is 268 g/mol. The topological polar surface area (TPSA) is 67.3 Å². The lowest BCUT2D eigenvalue weighted by Crippen LogP contribution is -2.54. The maximum atomic E-state index is 12.1. The van der Waals surface area contributed by atoms with Crippen LogP contribution in [0, 0.1) is 0 Å². The average molecular weight is 285 g/mol. The predicted molar refractivity (Wildman–Crippen MR) is 72.3 cm³/mol. The molecule has 2 rings (SSSR count). The molecule has 1 aliphatic rings. The predicted octanol–water partition coefficient (Wildman–Crippen LogP) is 0.861. The molecule has 1 aromatic rings. The summed E-state index contributed by atoms with van der Waals surface area (Å²) in [6.07, 6.45) is 3.98. The fraction of sp³-hybridized carbons (Fsp3) is 0.583. The molecule has 1 aromatic heterocycles. The van der Waals surface area contributed by atoms with Crippen LogP contribution in [-0.2, 0) is 9.53 Å². The first-order valence-corrected chi connectivity index (χ1v) is 6.69.